The summed E-state index contributed by atoms with van der Waals surface area (Å²) in [7, 11) is 0. The van der Waals surface area contributed by atoms with E-state index >= 15 is 0 Å². The van der Waals surface area contributed by atoms with Crippen molar-refractivity contribution in [3.05, 3.63) is 37.9 Å². The molecule has 0 saturated carbocycles. The van der Waals surface area contributed by atoms with Gasteiger partial charge in [-0.1, -0.05) is 0 Å². The number of hydrogen-bond acceptors (Lipinski definition) is 6. The average molecular weight is 265 g/mol. The molecule has 0 atom stereocenters. The van der Waals surface area contributed by atoms with Crippen LogP contribution >= 0.6 is 0 Å². The molecule has 1 aromatic carbocycles. The Labute approximate surface area is 105 Å². The molecule has 0 spiro atoms. The highest BCUT2D eigenvalue weighted by atomic mass is 16.6. The van der Waals surface area contributed by atoms with Crippen LogP contribution in [0.4, 0.5) is 17.1 Å². The second-order valence-corrected chi connectivity index (χ2v) is 3.75. The lowest BCUT2D eigenvalue weighted by atomic mass is 10.1. The number of nitro groups is 2. The average Bonchev–Trinajstić information content (AvgIpc) is 2.60. The highest BCUT2D eigenvalue weighted by Crippen LogP contribution is 2.40. The molecule has 2 rings (SSSR count). The molecule has 0 bridgehead atoms. The largest absolute Gasteiger partial charge is 0.300 e. The molecule has 0 saturated heterocycles. The van der Waals surface area contributed by atoms with Crippen LogP contribution < -0.4 is 4.90 Å². The van der Waals surface area contributed by atoms with Gasteiger partial charge in [-0.15, -0.1) is 0 Å². The van der Waals surface area contributed by atoms with E-state index in [2.05, 4.69) is 0 Å². The first-order chi connectivity index (χ1) is 8.88. The summed E-state index contributed by atoms with van der Waals surface area (Å²) < 4.78 is 0. The molecular formula is C10H7N3O6. The molecule has 0 aromatic heterocycles. The summed E-state index contributed by atoms with van der Waals surface area (Å²) in [4.78, 5) is 44.2. The number of ketones is 1. The van der Waals surface area contributed by atoms with Crippen LogP contribution in [0.2, 0.25) is 0 Å². The molecule has 98 valence electrons. The van der Waals surface area contributed by atoms with Gasteiger partial charge in [0.2, 0.25) is 0 Å². The molecule has 0 aliphatic carbocycles. The zero-order valence-corrected chi connectivity index (χ0v) is 9.65. The van der Waals surface area contributed by atoms with E-state index in [9.17, 15) is 29.8 Å². The van der Waals surface area contributed by atoms with Gasteiger partial charge in [0.1, 0.15) is 5.69 Å². The second kappa shape index (κ2) is 4.12. The number of amides is 1. The van der Waals surface area contributed by atoms with Crippen LogP contribution in [0.1, 0.15) is 17.3 Å². The molecule has 0 radical (unpaired) electrons. The predicted octanol–water partition coefficient (Wildman–Crippen LogP) is 1.05. The van der Waals surface area contributed by atoms with Crippen LogP contribution in [0.25, 0.3) is 0 Å². The number of carbonyl (C=O) groups excluding carboxylic acids is 2. The van der Waals surface area contributed by atoms with Gasteiger partial charge in [0.15, 0.2) is 0 Å². The SMILES string of the molecule is CCN1C(=O)C(=O)c2cc([N+](=O)[O-])cc([N+](=O)[O-])c21. The molecule has 1 aliphatic heterocycles. The number of Topliss-reactive ketones (excluding diaryl/α,β-unsaturated/α-hetero) is 1. The van der Waals surface area contributed by atoms with Gasteiger partial charge in [-0.2, -0.15) is 0 Å². The van der Waals surface area contributed by atoms with E-state index < -0.39 is 32.9 Å². The molecule has 0 unspecified atom stereocenters. The number of anilines is 1. The van der Waals surface area contributed by atoms with Crippen LogP contribution in [-0.4, -0.2) is 28.1 Å². The fourth-order valence-electron chi connectivity index (χ4n) is 1.95. The van der Waals surface area contributed by atoms with E-state index in [0.29, 0.717) is 0 Å². The fraction of sp³-hybridized carbons (Fsp3) is 0.200. The Morgan fingerprint density at radius 1 is 1.16 bits per heavy atom. The zero-order valence-electron chi connectivity index (χ0n) is 9.65. The van der Waals surface area contributed by atoms with Gasteiger partial charge in [0, 0.05) is 12.6 Å². The van der Waals surface area contributed by atoms with Gasteiger partial charge in [-0.3, -0.25) is 34.7 Å². The van der Waals surface area contributed by atoms with Crippen molar-refractivity contribution in [3.63, 3.8) is 0 Å². The minimum absolute atomic E-state index is 0.0657. The normalized spacial score (nSPS) is 13.6. The van der Waals surface area contributed by atoms with Gasteiger partial charge in [-0.25, -0.2) is 0 Å². The third-order valence-electron chi connectivity index (χ3n) is 2.75. The molecule has 1 amide bonds. The molecular weight excluding hydrogens is 258 g/mol. The van der Waals surface area contributed by atoms with Crippen molar-refractivity contribution in [3.8, 4) is 0 Å². The molecule has 0 N–H and O–H groups in total. The van der Waals surface area contributed by atoms with E-state index in [1.165, 1.54) is 0 Å². The van der Waals surface area contributed by atoms with Crippen molar-refractivity contribution < 1.29 is 19.4 Å². The van der Waals surface area contributed by atoms with Crippen LogP contribution in [0.15, 0.2) is 12.1 Å². The van der Waals surface area contributed by atoms with Crippen molar-refractivity contribution in [1.82, 2.24) is 0 Å². The molecule has 1 heterocycles. The minimum Gasteiger partial charge on any atom is -0.299 e. The van der Waals surface area contributed by atoms with Gasteiger partial charge in [0.25, 0.3) is 17.4 Å². The maximum Gasteiger partial charge on any atom is 0.300 e. The number of nitrogens with zero attached hydrogens (tertiary/aromatic N) is 3. The lowest BCUT2D eigenvalue weighted by Gasteiger charge is -2.12. The number of carbonyl (C=O) groups is 2. The van der Waals surface area contributed by atoms with E-state index in [0.717, 1.165) is 17.0 Å². The maximum atomic E-state index is 11.7. The third kappa shape index (κ3) is 1.71. The van der Waals surface area contributed by atoms with E-state index in [-0.39, 0.29) is 17.8 Å². The lowest BCUT2D eigenvalue weighted by Crippen LogP contribution is -2.29. The summed E-state index contributed by atoms with van der Waals surface area (Å²) in [6.07, 6.45) is 0. The predicted molar refractivity (Wildman–Crippen MR) is 62.1 cm³/mol. The van der Waals surface area contributed by atoms with Crippen LogP contribution in [0.5, 0.6) is 0 Å². The van der Waals surface area contributed by atoms with Crippen molar-refractivity contribution in [2.45, 2.75) is 6.92 Å². The Balaban J connectivity index is 2.80. The van der Waals surface area contributed by atoms with E-state index in [4.69, 9.17) is 0 Å². The number of fused-ring (bicyclic) bond motifs is 1. The Kier molecular flexibility index (Phi) is 2.74. The molecule has 1 aliphatic rings. The van der Waals surface area contributed by atoms with Crippen molar-refractivity contribution in [2.24, 2.45) is 0 Å². The molecule has 19 heavy (non-hydrogen) atoms. The monoisotopic (exact) mass is 265 g/mol. The molecule has 0 fully saturated rings. The van der Waals surface area contributed by atoms with E-state index in [1.54, 1.807) is 6.92 Å². The number of hydrogen-bond donors (Lipinski definition) is 0. The third-order valence-corrected chi connectivity index (χ3v) is 2.75. The Hall–Kier alpha value is -2.84. The smallest absolute Gasteiger partial charge is 0.299 e. The maximum absolute atomic E-state index is 11.7. The first-order valence-corrected chi connectivity index (χ1v) is 5.21. The van der Waals surface area contributed by atoms with Gasteiger partial charge in [0.05, 0.1) is 21.5 Å². The van der Waals surface area contributed by atoms with Crippen LogP contribution in [-0.2, 0) is 4.79 Å². The highest BCUT2D eigenvalue weighted by molar-refractivity contribution is 6.52. The van der Waals surface area contributed by atoms with Crippen LogP contribution in [0, 0.1) is 20.2 Å². The topological polar surface area (TPSA) is 124 Å². The van der Waals surface area contributed by atoms with E-state index in [1.807, 2.05) is 0 Å². The summed E-state index contributed by atoms with van der Waals surface area (Å²) >= 11 is 0. The summed E-state index contributed by atoms with van der Waals surface area (Å²) in [6.45, 7) is 1.61. The standard InChI is InChI=1S/C10H7N3O6/c1-2-11-8-6(9(14)10(11)15)3-5(12(16)17)4-7(8)13(18)19/h3-4H,2H2,1H3. The zero-order chi connectivity index (χ0) is 14.3. The van der Waals surface area contributed by atoms with Gasteiger partial charge >= 0.3 is 5.69 Å². The molecule has 9 nitrogen and oxygen atoms in total. The molecule has 9 heteroatoms. The van der Waals surface area contributed by atoms with Crippen molar-refractivity contribution in [1.29, 1.82) is 0 Å². The Morgan fingerprint density at radius 2 is 1.79 bits per heavy atom. The first kappa shape index (κ1) is 12.6. The second-order valence-electron chi connectivity index (χ2n) is 3.75. The summed E-state index contributed by atoms with van der Waals surface area (Å²) in [6, 6.07) is 1.63. The Morgan fingerprint density at radius 3 is 2.26 bits per heavy atom. The fourth-order valence-corrected chi connectivity index (χ4v) is 1.95. The Bertz CT molecular complexity index is 638. The summed E-state index contributed by atoms with van der Waals surface area (Å²) in [5.41, 5.74) is -1.68. The van der Waals surface area contributed by atoms with Crippen molar-refractivity contribution >= 4 is 28.8 Å². The first-order valence-electron chi connectivity index (χ1n) is 5.21. The lowest BCUT2D eigenvalue weighted by molar-refractivity contribution is -0.393. The summed E-state index contributed by atoms with van der Waals surface area (Å²) in [5.74, 6) is -1.88. The van der Waals surface area contributed by atoms with Gasteiger partial charge < -0.3 is 0 Å². The molecule has 1 aromatic rings. The quantitative estimate of drug-likeness (QED) is 0.457. The number of rotatable bonds is 3. The van der Waals surface area contributed by atoms with Crippen molar-refractivity contribution in [2.75, 3.05) is 11.4 Å². The number of nitro benzene ring substituents is 2. The minimum atomic E-state index is -0.969. The number of benzene rings is 1. The van der Waals surface area contributed by atoms with Crippen LogP contribution in [0.3, 0.4) is 0 Å². The van der Waals surface area contributed by atoms with Gasteiger partial charge in [-0.05, 0) is 6.92 Å². The highest BCUT2D eigenvalue weighted by Gasteiger charge is 2.42. The summed E-state index contributed by atoms with van der Waals surface area (Å²) in [5, 5.41) is 21.6. The number of likely N-dealkylation sites (N-methyl/N-ethyl adjacent to an activating group) is 1. The number of non-ortho nitro benzene ring substituents is 1.